The van der Waals surface area contributed by atoms with Crippen LogP contribution in [-0.2, 0) is 0 Å². The Balaban J connectivity index is 2.39. The zero-order chi connectivity index (χ0) is 13.3. The third kappa shape index (κ3) is 2.57. The number of anilines is 3. The van der Waals surface area contributed by atoms with Gasteiger partial charge in [-0.2, -0.15) is 0 Å². The zero-order valence-electron chi connectivity index (χ0n) is 8.98. The molecule has 2 aromatic carbocycles. The lowest BCUT2D eigenvalue weighted by molar-refractivity contribution is 0.512. The van der Waals surface area contributed by atoms with Gasteiger partial charge in [0.1, 0.15) is 5.69 Å². The Morgan fingerprint density at radius 2 is 1.89 bits per heavy atom. The van der Waals surface area contributed by atoms with Gasteiger partial charge in [0, 0.05) is 10.2 Å². The Morgan fingerprint density at radius 3 is 2.56 bits per heavy atom. The number of hydrogen-bond donors (Lipinski definition) is 2. The number of nitrogen functional groups attached to an aromatic ring is 1. The summed E-state index contributed by atoms with van der Waals surface area (Å²) in [5.74, 6) is -1.97. The zero-order valence-corrected chi connectivity index (χ0v) is 11.3. The van der Waals surface area contributed by atoms with Gasteiger partial charge in [-0.05, 0) is 46.3 Å². The Bertz CT molecular complexity index is 605. The fraction of sp³-hybridized carbons (Fsp3) is 0. The van der Waals surface area contributed by atoms with Crippen molar-refractivity contribution < 1.29 is 8.78 Å². The maximum absolute atomic E-state index is 13.6. The fourth-order valence-electron chi connectivity index (χ4n) is 1.41. The standard InChI is InChI=1S/C12H8BrClF2N2/c13-7-5-6(1-2-8(7)14)18-12-10(17)4-3-9(15)11(12)16/h1-5,18H,17H2. The maximum Gasteiger partial charge on any atom is 0.184 e. The second-order valence-electron chi connectivity index (χ2n) is 3.58. The molecule has 2 nitrogen and oxygen atoms in total. The van der Waals surface area contributed by atoms with E-state index in [2.05, 4.69) is 21.2 Å². The number of nitrogens with two attached hydrogens (primary N) is 1. The van der Waals surface area contributed by atoms with Gasteiger partial charge in [0.2, 0.25) is 0 Å². The van der Waals surface area contributed by atoms with Crippen molar-refractivity contribution in [2.24, 2.45) is 0 Å². The maximum atomic E-state index is 13.6. The van der Waals surface area contributed by atoms with Gasteiger partial charge in [-0.3, -0.25) is 0 Å². The smallest absolute Gasteiger partial charge is 0.184 e. The first-order valence-electron chi connectivity index (χ1n) is 4.94. The van der Waals surface area contributed by atoms with Crippen molar-refractivity contribution in [1.82, 2.24) is 0 Å². The average Bonchev–Trinajstić information content (AvgIpc) is 2.34. The molecule has 0 spiro atoms. The molecular formula is C12H8BrClF2N2. The number of halogens is 4. The lowest BCUT2D eigenvalue weighted by Crippen LogP contribution is -2.01. The van der Waals surface area contributed by atoms with Crippen molar-refractivity contribution in [3.63, 3.8) is 0 Å². The third-order valence-electron chi connectivity index (χ3n) is 2.32. The summed E-state index contributed by atoms with van der Waals surface area (Å²) < 4.78 is 27.3. The quantitative estimate of drug-likeness (QED) is 0.781. The molecule has 0 bridgehead atoms. The molecule has 0 unspecified atom stereocenters. The topological polar surface area (TPSA) is 38.0 Å². The van der Waals surface area contributed by atoms with Gasteiger partial charge in [-0.1, -0.05) is 11.6 Å². The van der Waals surface area contributed by atoms with Gasteiger partial charge >= 0.3 is 0 Å². The molecule has 0 radical (unpaired) electrons. The molecule has 0 saturated carbocycles. The van der Waals surface area contributed by atoms with E-state index in [4.69, 9.17) is 17.3 Å². The highest BCUT2D eigenvalue weighted by molar-refractivity contribution is 9.10. The van der Waals surface area contributed by atoms with Crippen LogP contribution < -0.4 is 11.1 Å². The van der Waals surface area contributed by atoms with Gasteiger partial charge in [0.15, 0.2) is 11.6 Å². The second kappa shape index (κ2) is 5.12. The third-order valence-corrected chi connectivity index (χ3v) is 3.53. The Kier molecular flexibility index (Phi) is 3.73. The van der Waals surface area contributed by atoms with E-state index in [1.807, 2.05) is 0 Å². The average molecular weight is 334 g/mol. The first kappa shape index (κ1) is 13.1. The van der Waals surface area contributed by atoms with E-state index >= 15 is 0 Å². The number of benzene rings is 2. The van der Waals surface area contributed by atoms with Crippen molar-refractivity contribution in [2.45, 2.75) is 0 Å². The summed E-state index contributed by atoms with van der Waals surface area (Å²) in [6.45, 7) is 0. The van der Waals surface area contributed by atoms with E-state index in [-0.39, 0.29) is 11.4 Å². The minimum atomic E-state index is -1.01. The molecule has 2 rings (SSSR count). The molecule has 0 aliphatic heterocycles. The summed E-state index contributed by atoms with van der Waals surface area (Å²) in [6.07, 6.45) is 0. The van der Waals surface area contributed by atoms with Gasteiger partial charge in [0.25, 0.3) is 0 Å². The summed E-state index contributed by atoms with van der Waals surface area (Å²) in [5, 5.41) is 3.24. The second-order valence-corrected chi connectivity index (χ2v) is 4.84. The Hall–Kier alpha value is -1.33. The molecule has 18 heavy (non-hydrogen) atoms. The normalized spacial score (nSPS) is 10.4. The summed E-state index contributed by atoms with van der Waals surface area (Å²) in [7, 11) is 0. The van der Waals surface area contributed by atoms with E-state index in [9.17, 15) is 8.78 Å². The number of nitrogens with one attached hydrogen (secondary N) is 1. The lowest BCUT2D eigenvalue weighted by Gasteiger charge is -2.11. The SMILES string of the molecule is Nc1ccc(F)c(F)c1Nc1ccc(Cl)c(Br)c1. The molecule has 6 heteroatoms. The van der Waals surface area contributed by atoms with Crippen molar-refractivity contribution in [3.05, 3.63) is 51.5 Å². The van der Waals surface area contributed by atoms with Crippen molar-refractivity contribution in [2.75, 3.05) is 11.1 Å². The summed E-state index contributed by atoms with van der Waals surface area (Å²) >= 11 is 9.08. The van der Waals surface area contributed by atoms with Gasteiger partial charge in [-0.25, -0.2) is 8.78 Å². The van der Waals surface area contributed by atoms with Crippen LogP contribution in [0.2, 0.25) is 5.02 Å². The summed E-state index contributed by atoms with van der Waals surface area (Å²) in [4.78, 5) is 0. The van der Waals surface area contributed by atoms with Crippen LogP contribution in [0.4, 0.5) is 25.8 Å². The summed E-state index contributed by atoms with van der Waals surface area (Å²) in [6, 6.07) is 7.18. The van der Waals surface area contributed by atoms with Crippen LogP contribution in [0.15, 0.2) is 34.8 Å². The van der Waals surface area contributed by atoms with E-state index in [0.717, 1.165) is 6.07 Å². The molecule has 94 valence electrons. The molecular weight excluding hydrogens is 325 g/mol. The van der Waals surface area contributed by atoms with Crippen LogP contribution in [0.5, 0.6) is 0 Å². The van der Waals surface area contributed by atoms with Crippen LogP contribution in [-0.4, -0.2) is 0 Å². The van der Waals surface area contributed by atoms with Crippen LogP contribution in [0.25, 0.3) is 0 Å². The highest BCUT2D eigenvalue weighted by atomic mass is 79.9. The van der Waals surface area contributed by atoms with Crippen LogP contribution >= 0.6 is 27.5 Å². The van der Waals surface area contributed by atoms with Gasteiger partial charge < -0.3 is 11.1 Å². The molecule has 2 aromatic rings. The van der Waals surface area contributed by atoms with E-state index in [1.54, 1.807) is 18.2 Å². The Labute approximate surface area is 116 Å². The summed E-state index contributed by atoms with van der Waals surface area (Å²) in [5.41, 5.74) is 6.17. The largest absolute Gasteiger partial charge is 0.397 e. The monoisotopic (exact) mass is 332 g/mol. The molecule has 0 aliphatic rings. The molecule has 3 N–H and O–H groups in total. The van der Waals surface area contributed by atoms with Gasteiger partial charge in [-0.15, -0.1) is 0 Å². The molecule has 0 atom stereocenters. The first-order valence-corrected chi connectivity index (χ1v) is 6.11. The molecule has 0 amide bonds. The molecule has 0 fully saturated rings. The molecule has 0 aromatic heterocycles. The fourth-order valence-corrected chi connectivity index (χ4v) is 1.91. The van der Waals surface area contributed by atoms with E-state index in [1.165, 1.54) is 6.07 Å². The predicted octanol–water partition coefficient (Wildman–Crippen LogP) is 4.71. The van der Waals surface area contributed by atoms with Crippen molar-refractivity contribution in [1.29, 1.82) is 0 Å². The lowest BCUT2D eigenvalue weighted by atomic mass is 10.2. The number of rotatable bonds is 2. The molecule has 0 heterocycles. The van der Waals surface area contributed by atoms with Crippen molar-refractivity contribution >= 4 is 44.6 Å². The highest BCUT2D eigenvalue weighted by Crippen LogP contribution is 2.31. The molecule has 0 aliphatic carbocycles. The van der Waals surface area contributed by atoms with E-state index < -0.39 is 11.6 Å². The molecule has 0 saturated heterocycles. The van der Waals surface area contributed by atoms with Crippen LogP contribution in [0.1, 0.15) is 0 Å². The van der Waals surface area contributed by atoms with Gasteiger partial charge in [0.05, 0.1) is 10.7 Å². The predicted molar refractivity (Wildman–Crippen MR) is 73.2 cm³/mol. The highest BCUT2D eigenvalue weighted by Gasteiger charge is 2.12. The first-order chi connectivity index (χ1) is 8.49. The minimum absolute atomic E-state index is 0.0933. The van der Waals surface area contributed by atoms with Crippen LogP contribution in [0.3, 0.4) is 0 Å². The van der Waals surface area contributed by atoms with Crippen LogP contribution in [0, 0.1) is 11.6 Å². The minimum Gasteiger partial charge on any atom is -0.397 e. The Morgan fingerprint density at radius 1 is 1.17 bits per heavy atom. The van der Waals surface area contributed by atoms with E-state index in [0.29, 0.717) is 15.2 Å². The number of hydrogen-bond acceptors (Lipinski definition) is 2. The van der Waals surface area contributed by atoms with Crippen molar-refractivity contribution in [3.8, 4) is 0 Å².